The highest BCUT2D eigenvalue weighted by Crippen LogP contribution is 2.38. The molecule has 0 atom stereocenters. The van der Waals surface area contributed by atoms with E-state index < -0.39 is 0 Å². The van der Waals surface area contributed by atoms with E-state index in [2.05, 4.69) is 17.2 Å². The molecule has 1 N–H and O–H groups in total. The van der Waals surface area contributed by atoms with Gasteiger partial charge in [0.2, 0.25) is 0 Å². The molecule has 1 aliphatic carbocycles. The first-order valence-electron chi connectivity index (χ1n) is 6.68. The predicted octanol–water partition coefficient (Wildman–Crippen LogP) is 2.66. The molecule has 1 saturated heterocycles. The van der Waals surface area contributed by atoms with E-state index in [0.717, 1.165) is 30.7 Å². The monoisotopic (exact) mass is 256 g/mol. The van der Waals surface area contributed by atoms with Crippen LogP contribution in [0.5, 0.6) is 0 Å². The molecular formula is C13H24N2OS. The fourth-order valence-corrected chi connectivity index (χ4v) is 3.81. The van der Waals surface area contributed by atoms with Crippen molar-refractivity contribution in [1.82, 2.24) is 5.32 Å². The number of hydrogen-bond donors (Lipinski definition) is 1. The molecule has 98 valence electrons. The topological polar surface area (TPSA) is 33.6 Å². The number of amidine groups is 1. The summed E-state index contributed by atoms with van der Waals surface area (Å²) >= 11 is 1.91. The summed E-state index contributed by atoms with van der Waals surface area (Å²) in [5.74, 6) is 2.12. The molecule has 0 aromatic carbocycles. The summed E-state index contributed by atoms with van der Waals surface area (Å²) in [6.45, 7) is 4.06. The van der Waals surface area contributed by atoms with E-state index in [1.54, 1.807) is 7.11 Å². The van der Waals surface area contributed by atoms with Crippen LogP contribution < -0.4 is 5.32 Å². The molecule has 1 aliphatic heterocycles. The molecule has 0 radical (unpaired) electrons. The third-order valence-corrected chi connectivity index (χ3v) is 5.05. The van der Waals surface area contributed by atoms with Gasteiger partial charge >= 0.3 is 0 Å². The van der Waals surface area contributed by atoms with Gasteiger partial charge < -0.3 is 10.1 Å². The fourth-order valence-electron chi connectivity index (χ4n) is 2.56. The summed E-state index contributed by atoms with van der Waals surface area (Å²) in [5, 5.41) is 4.84. The second-order valence-electron chi connectivity index (χ2n) is 5.41. The van der Waals surface area contributed by atoms with E-state index >= 15 is 0 Å². The highest BCUT2D eigenvalue weighted by Gasteiger charge is 2.39. The van der Waals surface area contributed by atoms with Crippen LogP contribution in [0.1, 0.15) is 39.0 Å². The Morgan fingerprint density at radius 2 is 2.24 bits per heavy atom. The summed E-state index contributed by atoms with van der Waals surface area (Å²) in [6, 6.07) is 0. The quantitative estimate of drug-likeness (QED) is 0.785. The summed E-state index contributed by atoms with van der Waals surface area (Å²) in [4.78, 5) is 4.62. The smallest absolute Gasteiger partial charge is 0.157 e. The summed E-state index contributed by atoms with van der Waals surface area (Å²) < 4.78 is 5.03. The molecule has 2 fully saturated rings. The zero-order valence-electron chi connectivity index (χ0n) is 11.0. The van der Waals surface area contributed by atoms with E-state index in [4.69, 9.17) is 4.74 Å². The van der Waals surface area contributed by atoms with Crippen molar-refractivity contribution in [2.45, 2.75) is 44.6 Å². The van der Waals surface area contributed by atoms with Crippen LogP contribution in [0.3, 0.4) is 0 Å². The molecule has 2 aliphatic rings. The van der Waals surface area contributed by atoms with Gasteiger partial charge in [0.15, 0.2) is 5.17 Å². The van der Waals surface area contributed by atoms with Gasteiger partial charge in [0.05, 0.1) is 0 Å². The standard InChI is InChI=1S/C13H24N2OS/c1-11-4-6-13(7-5-11)10-17-12(15-13)14-8-3-9-16-2/h11H,3-10H2,1-2H3,(H,14,15). The average molecular weight is 256 g/mol. The molecular weight excluding hydrogens is 232 g/mol. The molecule has 4 heteroatoms. The van der Waals surface area contributed by atoms with Crippen molar-refractivity contribution in [3.05, 3.63) is 0 Å². The van der Waals surface area contributed by atoms with Gasteiger partial charge in [-0.3, -0.25) is 4.99 Å². The van der Waals surface area contributed by atoms with Crippen molar-refractivity contribution >= 4 is 16.9 Å². The number of nitrogens with zero attached hydrogens (tertiary/aromatic N) is 1. The minimum Gasteiger partial charge on any atom is -0.385 e. The Hall–Kier alpha value is -0.220. The number of rotatable bonds is 4. The van der Waals surface area contributed by atoms with Gasteiger partial charge in [-0.2, -0.15) is 0 Å². The first-order chi connectivity index (χ1) is 8.24. The normalized spacial score (nSPS) is 35.4. The molecule has 0 aromatic heterocycles. The summed E-state index contributed by atoms with van der Waals surface area (Å²) in [7, 11) is 1.74. The summed E-state index contributed by atoms with van der Waals surface area (Å²) in [6.07, 6.45) is 6.39. The SMILES string of the molecule is COCCCN=C1NC2(CCC(C)CC2)CS1. The van der Waals surface area contributed by atoms with E-state index in [-0.39, 0.29) is 0 Å². The number of nitrogens with one attached hydrogen (secondary N) is 1. The Morgan fingerprint density at radius 3 is 2.94 bits per heavy atom. The lowest BCUT2D eigenvalue weighted by Gasteiger charge is -2.35. The van der Waals surface area contributed by atoms with Crippen LogP contribution >= 0.6 is 11.8 Å². The lowest BCUT2D eigenvalue weighted by atomic mass is 9.78. The summed E-state index contributed by atoms with van der Waals surface area (Å²) in [5.41, 5.74) is 0.372. The molecule has 3 nitrogen and oxygen atoms in total. The Labute approximate surface area is 109 Å². The lowest BCUT2D eigenvalue weighted by Crippen LogP contribution is -2.46. The van der Waals surface area contributed by atoms with E-state index in [9.17, 15) is 0 Å². The molecule has 0 amide bonds. The number of methoxy groups -OCH3 is 1. The van der Waals surface area contributed by atoms with Crippen molar-refractivity contribution in [1.29, 1.82) is 0 Å². The minimum absolute atomic E-state index is 0.372. The predicted molar refractivity (Wildman–Crippen MR) is 74.8 cm³/mol. The molecule has 1 heterocycles. The second kappa shape index (κ2) is 6.10. The number of aliphatic imine (C=N–C) groups is 1. The van der Waals surface area contributed by atoms with Gasteiger partial charge in [0.1, 0.15) is 0 Å². The van der Waals surface area contributed by atoms with Crippen LogP contribution in [0.15, 0.2) is 4.99 Å². The van der Waals surface area contributed by atoms with Crippen LogP contribution in [-0.4, -0.2) is 36.7 Å². The van der Waals surface area contributed by atoms with Gasteiger partial charge in [0.25, 0.3) is 0 Å². The van der Waals surface area contributed by atoms with E-state index in [1.165, 1.54) is 31.4 Å². The van der Waals surface area contributed by atoms with Crippen molar-refractivity contribution in [3.8, 4) is 0 Å². The van der Waals surface area contributed by atoms with Gasteiger partial charge in [-0.05, 0) is 38.0 Å². The molecule has 0 unspecified atom stereocenters. The van der Waals surface area contributed by atoms with Crippen LogP contribution in [0.2, 0.25) is 0 Å². The van der Waals surface area contributed by atoms with Gasteiger partial charge in [-0.25, -0.2) is 0 Å². The maximum atomic E-state index is 5.03. The first-order valence-corrected chi connectivity index (χ1v) is 7.67. The van der Waals surface area contributed by atoms with Crippen LogP contribution in [-0.2, 0) is 4.74 Å². The highest BCUT2D eigenvalue weighted by molar-refractivity contribution is 8.14. The Balaban J connectivity index is 1.78. The zero-order valence-corrected chi connectivity index (χ0v) is 11.8. The molecule has 1 saturated carbocycles. The number of hydrogen-bond acceptors (Lipinski definition) is 3. The Kier molecular flexibility index (Phi) is 4.74. The number of ether oxygens (including phenoxy) is 1. The maximum absolute atomic E-state index is 5.03. The molecule has 1 spiro atoms. The van der Waals surface area contributed by atoms with Crippen molar-refractivity contribution in [3.63, 3.8) is 0 Å². The maximum Gasteiger partial charge on any atom is 0.157 e. The van der Waals surface area contributed by atoms with E-state index in [1.807, 2.05) is 11.8 Å². The first kappa shape index (κ1) is 13.2. The highest BCUT2D eigenvalue weighted by atomic mass is 32.2. The Bertz CT molecular complexity index is 273. The largest absolute Gasteiger partial charge is 0.385 e. The van der Waals surface area contributed by atoms with Gasteiger partial charge in [-0.15, -0.1) is 0 Å². The Morgan fingerprint density at radius 1 is 1.47 bits per heavy atom. The molecule has 0 aromatic rings. The van der Waals surface area contributed by atoms with Crippen LogP contribution in [0.4, 0.5) is 0 Å². The van der Waals surface area contributed by atoms with Crippen LogP contribution in [0.25, 0.3) is 0 Å². The zero-order chi connectivity index (χ0) is 12.1. The van der Waals surface area contributed by atoms with Crippen molar-refractivity contribution in [2.75, 3.05) is 26.0 Å². The molecule has 0 bridgehead atoms. The van der Waals surface area contributed by atoms with Crippen molar-refractivity contribution < 1.29 is 4.74 Å². The molecule has 2 rings (SSSR count). The van der Waals surface area contributed by atoms with E-state index in [0.29, 0.717) is 5.54 Å². The fraction of sp³-hybridized carbons (Fsp3) is 0.923. The average Bonchev–Trinajstić information content (AvgIpc) is 2.73. The second-order valence-corrected chi connectivity index (χ2v) is 6.37. The van der Waals surface area contributed by atoms with Gasteiger partial charge in [0, 0.05) is 31.6 Å². The molecule has 17 heavy (non-hydrogen) atoms. The van der Waals surface area contributed by atoms with Crippen molar-refractivity contribution in [2.24, 2.45) is 10.9 Å². The lowest BCUT2D eigenvalue weighted by molar-refractivity contribution is 0.197. The third kappa shape index (κ3) is 3.62. The van der Waals surface area contributed by atoms with Crippen LogP contribution in [0, 0.1) is 5.92 Å². The minimum atomic E-state index is 0.372. The van der Waals surface area contributed by atoms with Gasteiger partial charge in [-0.1, -0.05) is 18.7 Å². The third-order valence-electron chi connectivity index (χ3n) is 3.85. The number of thioether (sulfide) groups is 1.